The molecule has 0 radical (unpaired) electrons. The third-order valence-electron chi connectivity index (χ3n) is 5.60. The van der Waals surface area contributed by atoms with Crippen LogP contribution in [0, 0.1) is 23.7 Å². The molecule has 4 rings (SSSR count). The van der Waals surface area contributed by atoms with Crippen molar-refractivity contribution < 1.29 is 5.11 Å². The highest BCUT2D eigenvalue weighted by Gasteiger charge is 2.48. The van der Waals surface area contributed by atoms with Crippen molar-refractivity contribution in [1.82, 2.24) is 10.2 Å². The van der Waals surface area contributed by atoms with Crippen LogP contribution in [0.25, 0.3) is 0 Å². The van der Waals surface area contributed by atoms with E-state index in [2.05, 4.69) is 10.2 Å². The molecule has 19 heavy (non-hydrogen) atoms. The van der Waals surface area contributed by atoms with Crippen molar-refractivity contribution in [2.45, 2.75) is 50.7 Å². The fraction of sp³-hybridized carbons (Fsp3) is 1.00. The van der Waals surface area contributed by atoms with E-state index in [4.69, 9.17) is 0 Å². The molecule has 0 aliphatic heterocycles. The van der Waals surface area contributed by atoms with E-state index in [1.54, 1.807) is 0 Å². The summed E-state index contributed by atoms with van der Waals surface area (Å²) in [5.74, 6) is 3.85. The summed E-state index contributed by atoms with van der Waals surface area (Å²) in [7, 11) is 4.05. The first-order chi connectivity index (χ1) is 8.93. The van der Waals surface area contributed by atoms with Crippen molar-refractivity contribution in [3.63, 3.8) is 0 Å². The summed E-state index contributed by atoms with van der Waals surface area (Å²) in [4.78, 5) is 2.07. The lowest BCUT2D eigenvalue weighted by Crippen LogP contribution is -2.58. The van der Waals surface area contributed by atoms with Crippen molar-refractivity contribution in [2.75, 3.05) is 27.2 Å². The van der Waals surface area contributed by atoms with Gasteiger partial charge in [-0.05, 0) is 76.8 Å². The van der Waals surface area contributed by atoms with Crippen LogP contribution in [0.1, 0.15) is 39.0 Å². The van der Waals surface area contributed by atoms with Crippen LogP contribution < -0.4 is 5.32 Å². The van der Waals surface area contributed by atoms with Crippen LogP contribution in [0.5, 0.6) is 0 Å². The van der Waals surface area contributed by atoms with E-state index in [0.717, 1.165) is 36.8 Å². The average molecular weight is 266 g/mol. The van der Waals surface area contributed by atoms with Gasteiger partial charge in [-0.3, -0.25) is 0 Å². The van der Waals surface area contributed by atoms with Gasteiger partial charge in [0.2, 0.25) is 0 Å². The summed E-state index contributed by atoms with van der Waals surface area (Å²) in [6.45, 7) is 3.42. The Kier molecular flexibility index (Phi) is 3.65. The van der Waals surface area contributed by atoms with Crippen LogP contribution in [-0.4, -0.2) is 48.8 Å². The Morgan fingerprint density at radius 2 is 1.58 bits per heavy atom. The Balaban J connectivity index is 1.56. The maximum absolute atomic E-state index is 10.4. The Bertz CT molecular complexity index is 299. The molecular weight excluding hydrogens is 236 g/mol. The van der Waals surface area contributed by atoms with Crippen LogP contribution in [0.15, 0.2) is 0 Å². The van der Waals surface area contributed by atoms with Crippen molar-refractivity contribution in [2.24, 2.45) is 23.7 Å². The molecule has 1 atom stereocenters. The van der Waals surface area contributed by atoms with E-state index in [1.165, 1.54) is 32.1 Å². The molecule has 0 aromatic carbocycles. The van der Waals surface area contributed by atoms with Crippen molar-refractivity contribution >= 4 is 0 Å². The maximum atomic E-state index is 10.4. The molecule has 1 unspecified atom stereocenters. The fourth-order valence-electron chi connectivity index (χ4n) is 5.33. The van der Waals surface area contributed by atoms with Gasteiger partial charge in [-0.15, -0.1) is 0 Å². The van der Waals surface area contributed by atoms with Gasteiger partial charge >= 0.3 is 0 Å². The first-order valence-electron chi connectivity index (χ1n) is 8.03. The van der Waals surface area contributed by atoms with Gasteiger partial charge in [0.05, 0.1) is 5.60 Å². The van der Waals surface area contributed by atoms with E-state index in [-0.39, 0.29) is 0 Å². The van der Waals surface area contributed by atoms with Crippen molar-refractivity contribution in [3.8, 4) is 0 Å². The molecule has 4 aliphatic rings. The van der Waals surface area contributed by atoms with Crippen LogP contribution >= 0.6 is 0 Å². The minimum Gasteiger partial charge on any atom is -0.388 e. The Labute approximate surface area is 117 Å². The van der Waals surface area contributed by atoms with Crippen LogP contribution in [0.2, 0.25) is 0 Å². The quantitative estimate of drug-likeness (QED) is 0.795. The van der Waals surface area contributed by atoms with Gasteiger partial charge in [0.15, 0.2) is 0 Å². The number of hydrogen-bond donors (Lipinski definition) is 2. The molecule has 3 nitrogen and oxygen atoms in total. The molecule has 0 aromatic rings. The normalized spacial score (nSPS) is 43.7. The number of rotatable bonds is 5. The zero-order valence-electron chi connectivity index (χ0n) is 12.7. The number of nitrogens with one attached hydrogen (secondary N) is 1. The Morgan fingerprint density at radius 1 is 1.05 bits per heavy atom. The third-order valence-corrected chi connectivity index (χ3v) is 5.60. The lowest BCUT2D eigenvalue weighted by molar-refractivity contribution is -0.0287. The first-order valence-corrected chi connectivity index (χ1v) is 8.03. The number of hydrogen-bond acceptors (Lipinski definition) is 3. The molecule has 4 fully saturated rings. The molecular formula is C16H30N2O. The fourth-order valence-corrected chi connectivity index (χ4v) is 5.33. The summed E-state index contributed by atoms with van der Waals surface area (Å²) >= 11 is 0. The second kappa shape index (κ2) is 5.01. The van der Waals surface area contributed by atoms with Gasteiger partial charge in [0.1, 0.15) is 0 Å². The van der Waals surface area contributed by atoms with Crippen molar-refractivity contribution in [1.29, 1.82) is 0 Å². The second-order valence-electron chi connectivity index (χ2n) is 8.07. The Hall–Kier alpha value is -0.120. The largest absolute Gasteiger partial charge is 0.388 e. The molecule has 0 spiro atoms. The van der Waals surface area contributed by atoms with Gasteiger partial charge < -0.3 is 15.3 Å². The molecule has 110 valence electrons. The SMILES string of the molecule is CN(C)CC(C)(O)CNC1C2CC3CC(C2)CC1C3. The predicted octanol–water partition coefficient (Wildman–Crippen LogP) is 1.71. The zero-order chi connectivity index (χ0) is 13.6. The summed E-state index contributed by atoms with van der Waals surface area (Å²) in [6, 6.07) is 0.682. The molecule has 0 saturated heterocycles. The van der Waals surface area contributed by atoms with Gasteiger partial charge in [-0.25, -0.2) is 0 Å². The monoisotopic (exact) mass is 266 g/mol. The highest BCUT2D eigenvalue weighted by Crippen LogP contribution is 2.53. The summed E-state index contributed by atoms with van der Waals surface area (Å²) in [6.07, 6.45) is 7.29. The number of aliphatic hydroxyl groups is 1. The van der Waals surface area contributed by atoms with E-state index in [1.807, 2.05) is 21.0 Å². The molecule has 3 heteroatoms. The lowest BCUT2D eigenvalue weighted by atomic mass is 9.54. The van der Waals surface area contributed by atoms with Gasteiger partial charge in [-0.2, -0.15) is 0 Å². The van der Waals surface area contributed by atoms with Crippen LogP contribution in [0.4, 0.5) is 0 Å². The first kappa shape index (κ1) is 13.8. The van der Waals surface area contributed by atoms with E-state index < -0.39 is 5.60 Å². The summed E-state index contributed by atoms with van der Waals surface area (Å²) < 4.78 is 0. The minimum atomic E-state index is -0.613. The molecule has 4 saturated carbocycles. The highest BCUT2D eigenvalue weighted by molar-refractivity contribution is 5.01. The highest BCUT2D eigenvalue weighted by atomic mass is 16.3. The summed E-state index contributed by atoms with van der Waals surface area (Å²) in [5, 5.41) is 14.2. The molecule has 0 heterocycles. The predicted molar refractivity (Wildman–Crippen MR) is 78.0 cm³/mol. The van der Waals surface area contributed by atoms with Crippen LogP contribution in [0.3, 0.4) is 0 Å². The molecule has 4 bridgehead atoms. The molecule has 0 aromatic heterocycles. The smallest absolute Gasteiger partial charge is 0.0869 e. The second-order valence-corrected chi connectivity index (χ2v) is 8.07. The third kappa shape index (κ3) is 2.98. The minimum absolute atomic E-state index is 0.613. The average Bonchev–Trinajstić information content (AvgIpc) is 2.24. The van der Waals surface area contributed by atoms with Crippen molar-refractivity contribution in [3.05, 3.63) is 0 Å². The van der Waals surface area contributed by atoms with Crippen LogP contribution in [-0.2, 0) is 0 Å². The maximum Gasteiger partial charge on any atom is 0.0869 e. The standard InChI is InChI=1S/C16H30N2O/c1-16(19,10-18(2)3)9-17-15-13-5-11-4-12(7-13)8-14(15)6-11/h11-15,17,19H,4-10H2,1-3H3. The van der Waals surface area contributed by atoms with Gasteiger partial charge in [0, 0.05) is 19.1 Å². The Morgan fingerprint density at radius 3 is 2.05 bits per heavy atom. The van der Waals surface area contributed by atoms with Gasteiger partial charge in [-0.1, -0.05) is 0 Å². The number of likely N-dealkylation sites (N-methyl/N-ethyl adjacent to an activating group) is 1. The van der Waals surface area contributed by atoms with E-state index in [9.17, 15) is 5.11 Å². The van der Waals surface area contributed by atoms with E-state index >= 15 is 0 Å². The van der Waals surface area contributed by atoms with Gasteiger partial charge in [0.25, 0.3) is 0 Å². The lowest BCUT2D eigenvalue weighted by Gasteiger charge is -2.55. The summed E-state index contributed by atoms with van der Waals surface area (Å²) in [5.41, 5.74) is -0.613. The van der Waals surface area contributed by atoms with E-state index in [0.29, 0.717) is 6.04 Å². The molecule has 0 amide bonds. The topological polar surface area (TPSA) is 35.5 Å². The molecule has 2 N–H and O–H groups in total. The molecule has 4 aliphatic carbocycles. The zero-order valence-corrected chi connectivity index (χ0v) is 12.7. The number of nitrogens with zero attached hydrogens (tertiary/aromatic N) is 1.